The van der Waals surface area contributed by atoms with Crippen molar-refractivity contribution in [3.63, 3.8) is 0 Å². The van der Waals surface area contributed by atoms with Gasteiger partial charge in [-0.15, -0.1) is 0 Å². The molecule has 1 fully saturated rings. The molecule has 1 aliphatic rings. The van der Waals surface area contributed by atoms with Crippen molar-refractivity contribution in [2.45, 2.75) is 58.3 Å². The van der Waals surface area contributed by atoms with E-state index in [2.05, 4.69) is 0 Å². The summed E-state index contributed by atoms with van der Waals surface area (Å²) < 4.78 is 22.2. The molecule has 5 atom stereocenters. The molecule has 1 N–H and O–H groups in total. The Morgan fingerprint density at radius 1 is 1.16 bits per heavy atom. The molecule has 1 amide bonds. The summed E-state index contributed by atoms with van der Waals surface area (Å²) in [5, 5.41) is 10.9. The minimum Gasteiger partial charge on any atom is -0.456 e. The van der Waals surface area contributed by atoms with Crippen LogP contribution in [0, 0.1) is 0 Å². The van der Waals surface area contributed by atoms with Crippen molar-refractivity contribution in [2.75, 3.05) is 20.3 Å². The second-order valence-corrected chi connectivity index (χ2v) is 7.58. The van der Waals surface area contributed by atoms with Crippen LogP contribution < -0.4 is 0 Å². The van der Waals surface area contributed by atoms with Gasteiger partial charge >= 0.3 is 5.97 Å². The molecular formula is C23H31NO8. The van der Waals surface area contributed by atoms with Crippen LogP contribution in [0.4, 0.5) is 0 Å². The summed E-state index contributed by atoms with van der Waals surface area (Å²) in [5.41, 5.74) is 0.697. The highest BCUT2D eigenvalue weighted by Crippen LogP contribution is 2.30. The van der Waals surface area contributed by atoms with Crippen LogP contribution in [-0.2, 0) is 28.5 Å². The van der Waals surface area contributed by atoms with E-state index in [9.17, 15) is 19.5 Å². The highest BCUT2D eigenvalue weighted by Gasteiger charge is 2.50. The monoisotopic (exact) mass is 449 g/mol. The first kappa shape index (κ1) is 25.7. The van der Waals surface area contributed by atoms with Crippen molar-refractivity contribution in [3.8, 4) is 0 Å². The van der Waals surface area contributed by atoms with Crippen molar-refractivity contribution in [1.29, 1.82) is 0 Å². The van der Waals surface area contributed by atoms with E-state index in [-0.39, 0.29) is 19.0 Å². The van der Waals surface area contributed by atoms with Crippen LogP contribution in [-0.4, -0.2) is 78.6 Å². The number of Topliss-reactive ketones (excluding diaryl/α,β-unsaturated/α-hetero) is 1. The van der Waals surface area contributed by atoms with Crippen LogP contribution in [0.15, 0.2) is 42.1 Å². The van der Waals surface area contributed by atoms with Crippen LogP contribution in [0.2, 0.25) is 0 Å². The Balaban J connectivity index is 2.26. The first-order valence-corrected chi connectivity index (χ1v) is 10.4. The van der Waals surface area contributed by atoms with Crippen molar-refractivity contribution in [1.82, 2.24) is 4.90 Å². The Bertz CT molecular complexity index is 825. The van der Waals surface area contributed by atoms with E-state index in [1.807, 2.05) is 0 Å². The Morgan fingerprint density at radius 2 is 1.81 bits per heavy atom. The highest BCUT2D eigenvalue weighted by atomic mass is 16.6. The van der Waals surface area contributed by atoms with E-state index in [1.165, 1.54) is 32.1 Å². The van der Waals surface area contributed by atoms with Gasteiger partial charge < -0.3 is 24.1 Å². The van der Waals surface area contributed by atoms with Gasteiger partial charge in [0, 0.05) is 25.8 Å². The van der Waals surface area contributed by atoms with Gasteiger partial charge in [-0.3, -0.25) is 14.5 Å². The number of hydrogen-bond donors (Lipinski definition) is 1. The summed E-state index contributed by atoms with van der Waals surface area (Å²) in [6.07, 6.45) is -3.62. The zero-order chi connectivity index (χ0) is 23.8. The number of aliphatic hydroxyl groups is 1. The molecule has 0 aromatic heterocycles. The lowest BCUT2D eigenvalue weighted by molar-refractivity contribution is -0.150. The molecule has 1 saturated heterocycles. The fourth-order valence-corrected chi connectivity index (χ4v) is 3.26. The largest absolute Gasteiger partial charge is 0.456 e. The maximum Gasteiger partial charge on any atom is 0.338 e. The van der Waals surface area contributed by atoms with E-state index < -0.39 is 42.5 Å². The first-order chi connectivity index (χ1) is 15.2. The summed E-state index contributed by atoms with van der Waals surface area (Å²) in [5.74, 6) is -1.18. The Hall–Kier alpha value is -2.59. The van der Waals surface area contributed by atoms with E-state index in [0.29, 0.717) is 11.1 Å². The molecule has 0 unspecified atom stereocenters. The van der Waals surface area contributed by atoms with Crippen molar-refractivity contribution in [2.24, 2.45) is 0 Å². The average Bonchev–Trinajstić information content (AvgIpc) is 3.08. The Morgan fingerprint density at radius 3 is 2.38 bits per heavy atom. The molecule has 0 aliphatic carbocycles. The number of esters is 1. The molecule has 0 saturated carbocycles. The zero-order valence-electron chi connectivity index (χ0n) is 19.0. The fraction of sp³-hybridized carbons (Fsp3) is 0.522. The number of allylic oxidation sites excluding steroid dienone is 1. The van der Waals surface area contributed by atoms with Gasteiger partial charge in [0.25, 0.3) is 0 Å². The first-order valence-electron chi connectivity index (χ1n) is 10.4. The normalized spacial score (nSPS) is 24.1. The maximum absolute atomic E-state index is 12.4. The number of aliphatic hydroxyl groups excluding tert-OH is 1. The second kappa shape index (κ2) is 11.9. The van der Waals surface area contributed by atoms with E-state index in [0.717, 1.165) is 0 Å². The predicted molar refractivity (Wildman–Crippen MR) is 115 cm³/mol. The van der Waals surface area contributed by atoms with E-state index in [1.54, 1.807) is 44.2 Å². The molecule has 0 spiro atoms. The smallest absolute Gasteiger partial charge is 0.338 e. The van der Waals surface area contributed by atoms with Crippen LogP contribution in [0.1, 0.15) is 38.1 Å². The lowest BCUT2D eigenvalue weighted by Crippen LogP contribution is -2.46. The highest BCUT2D eigenvalue weighted by molar-refractivity contribution is 5.93. The average molecular weight is 450 g/mol. The third-order valence-corrected chi connectivity index (χ3v) is 5.14. The molecule has 2 rings (SSSR count). The molecule has 9 nitrogen and oxygen atoms in total. The summed E-state index contributed by atoms with van der Waals surface area (Å²) in [4.78, 5) is 37.7. The summed E-state index contributed by atoms with van der Waals surface area (Å²) >= 11 is 0. The zero-order valence-corrected chi connectivity index (χ0v) is 19.0. The number of hydrogen-bond acceptors (Lipinski definition) is 8. The predicted octanol–water partition coefficient (Wildman–Crippen LogP) is 1.69. The SMILES string of the molecule is COCCO[C@@H]1[C@H](O)[C@@H]([C@@H](C)OC(=O)c2ccccc2)O[C@H]1N(/C=C(/C)C(C)=O)C(C)=O. The van der Waals surface area contributed by atoms with Crippen molar-refractivity contribution < 1.29 is 38.4 Å². The minimum atomic E-state index is -1.21. The van der Waals surface area contributed by atoms with Gasteiger partial charge in [0.1, 0.15) is 24.4 Å². The van der Waals surface area contributed by atoms with Gasteiger partial charge in [-0.1, -0.05) is 18.2 Å². The standard InChI is InChI=1S/C23H31NO8/c1-14(15(2)25)13-24(17(4)26)22-21(30-12-11-29-5)19(27)20(32-22)16(3)31-23(28)18-9-7-6-8-10-18/h6-10,13,16,19-22,27H,11-12H2,1-5H3/b14-13-/t16-,19-,20-,21-,22-/m1/s1. The number of methoxy groups -OCH3 is 1. The van der Waals surface area contributed by atoms with Gasteiger partial charge in [0.2, 0.25) is 5.91 Å². The number of nitrogens with zero attached hydrogens (tertiary/aromatic N) is 1. The molecule has 1 aliphatic heterocycles. The number of amides is 1. The number of ketones is 1. The molecule has 1 aromatic carbocycles. The third kappa shape index (κ3) is 6.46. The van der Waals surface area contributed by atoms with Crippen LogP contribution in [0.3, 0.4) is 0 Å². The molecule has 0 bridgehead atoms. The minimum absolute atomic E-state index is 0.143. The van der Waals surface area contributed by atoms with Crippen LogP contribution in [0.25, 0.3) is 0 Å². The molecule has 32 heavy (non-hydrogen) atoms. The van der Waals surface area contributed by atoms with Crippen molar-refractivity contribution >= 4 is 17.7 Å². The van der Waals surface area contributed by atoms with Gasteiger partial charge in [0.15, 0.2) is 12.0 Å². The maximum atomic E-state index is 12.4. The number of rotatable bonds is 10. The second-order valence-electron chi connectivity index (χ2n) is 7.58. The topological polar surface area (TPSA) is 112 Å². The Kier molecular flexibility index (Phi) is 9.52. The number of carbonyl (C=O) groups is 3. The van der Waals surface area contributed by atoms with Crippen LogP contribution in [0.5, 0.6) is 0 Å². The summed E-state index contributed by atoms with van der Waals surface area (Å²) in [7, 11) is 1.51. The van der Waals surface area contributed by atoms with Gasteiger partial charge in [-0.2, -0.15) is 0 Å². The van der Waals surface area contributed by atoms with Gasteiger partial charge in [-0.25, -0.2) is 4.79 Å². The quantitative estimate of drug-likeness (QED) is 0.326. The van der Waals surface area contributed by atoms with E-state index in [4.69, 9.17) is 18.9 Å². The van der Waals surface area contributed by atoms with Gasteiger partial charge in [-0.05, 0) is 32.9 Å². The van der Waals surface area contributed by atoms with Crippen LogP contribution >= 0.6 is 0 Å². The summed E-state index contributed by atoms with van der Waals surface area (Å²) in [6, 6.07) is 8.45. The lowest BCUT2D eigenvalue weighted by atomic mass is 10.1. The molecule has 1 heterocycles. The fourth-order valence-electron chi connectivity index (χ4n) is 3.26. The summed E-state index contributed by atoms with van der Waals surface area (Å²) in [6.45, 7) is 6.28. The van der Waals surface area contributed by atoms with E-state index >= 15 is 0 Å². The third-order valence-electron chi connectivity index (χ3n) is 5.14. The molecular weight excluding hydrogens is 418 g/mol. The Labute approximate surface area is 187 Å². The number of ether oxygens (including phenoxy) is 4. The lowest BCUT2D eigenvalue weighted by Gasteiger charge is -2.29. The molecule has 9 heteroatoms. The molecule has 0 radical (unpaired) electrons. The van der Waals surface area contributed by atoms with Gasteiger partial charge in [0.05, 0.1) is 18.8 Å². The number of benzene rings is 1. The van der Waals surface area contributed by atoms with Crippen molar-refractivity contribution in [3.05, 3.63) is 47.7 Å². The molecule has 1 aromatic rings. The number of carbonyl (C=O) groups excluding carboxylic acids is 3. The molecule has 176 valence electrons.